The minimum atomic E-state index is 0.0321. The third-order valence-electron chi connectivity index (χ3n) is 4.80. The molecule has 0 spiro atoms. The molecule has 5 nitrogen and oxygen atoms in total. The van der Waals surface area contributed by atoms with Gasteiger partial charge in [0.2, 0.25) is 6.79 Å². The number of hydrogen-bond donors (Lipinski definition) is 1. The van der Waals surface area contributed by atoms with Crippen LogP contribution >= 0.6 is 11.8 Å². The first-order chi connectivity index (χ1) is 13.3. The quantitative estimate of drug-likeness (QED) is 0.659. The molecule has 1 aromatic heterocycles. The molecule has 5 rings (SSSR count). The number of rotatable bonds is 4. The van der Waals surface area contributed by atoms with Crippen molar-refractivity contribution >= 4 is 17.5 Å². The fourth-order valence-electron chi connectivity index (χ4n) is 3.31. The van der Waals surface area contributed by atoms with Crippen LogP contribution in [0.5, 0.6) is 11.5 Å². The molecule has 2 aliphatic heterocycles. The summed E-state index contributed by atoms with van der Waals surface area (Å²) in [5.74, 6) is 3.31. The van der Waals surface area contributed by atoms with Crippen molar-refractivity contribution in [3.8, 4) is 22.8 Å². The van der Waals surface area contributed by atoms with Gasteiger partial charge in [-0.2, -0.15) is 5.10 Å². The van der Waals surface area contributed by atoms with Crippen molar-refractivity contribution < 1.29 is 13.9 Å². The Morgan fingerprint density at radius 1 is 0.963 bits per heavy atom. The molecule has 0 amide bonds. The minimum Gasteiger partial charge on any atom is -0.459 e. The van der Waals surface area contributed by atoms with Crippen LogP contribution < -0.4 is 14.9 Å². The van der Waals surface area contributed by atoms with Gasteiger partial charge in [-0.15, -0.1) is 11.8 Å². The van der Waals surface area contributed by atoms with Gasteiger partial charge in [-0.25, -0.2) is 0 Å². The maximum absolute atomic E-state index is 6.10. The zero-order chi connectivity index (χ0) is 18.2. The Morgan fingerprint density at radius 2 is 1.78 bits per heavy atom. The number of ether oxygens (including phenoxy) is 2. The van der Waals surface area contributed by atoms with E-state index < -0.39 is 0 Å². The smallest absolute Gasteiger partial charge is 0.231 e. The van der Waals surface area contributed by atoms with Crippen LogP contribution in [0.15, 0.2) is 69.0 Å². The summed E-state index contributed by atoms with van der Waals surface area (Å²) in [7, 11) is 0. The monoisotopic (exact) mass is 378 g/mol. The molecule has 0 fully saturated rings. The molecule has 1 N–H and O–H groups in total. The molecular weight excluding hydrogens is 360 g/mol. The van der Waals surface area contributed by atoms with Crippen LogP contribution in [0.25, 0.3) is 11.3 Å². The fraction of sp³-hybridized carbons (Fsp3) is 0.190. The molecule has 2 aromatic carbocycles. The van der Waals surface area contributed by atoms with Gasteiger partial charge in [0.05, 0.1) is 5.71 Å². The zero-order valence-corrected chi connectivity index (χ0v) is 15.6. The van der Waals surface area contributed by atoms with Gasteiger partial charge in [0.25, 0.3) is 0 Å². The van der Waals surface area contributed by atoms with Crippen molar-refractivity contribution in [2.75, 3.05) is 13.0 Å². The Labute approximate surface area is 161 Å². The van der Waals surface area contributed by atoms with Gasteiger partial charge < -0.3 is 13.9 Å². The van der Waals surface area contributed by atoms with Crippen LogP contribution in [0.2, 0.25) is 0 Å². The highest BCUT2D eigenvalue weighted by molar-refractivity contribution is 7.98. The summed E-state index contributed by atoms with van der Waals surface area (Å²) in [5, 5.41) is 4.50. The predicted molar refractivity (Wildman–Crippen MR) is 106 cm³/mol. The van der Waals surface area contributed by atoms with Crippen LogP contribution in [0.1, 0.15) is 23.8 Å². The molecule has 3 heterocycles. The molecule has 3 aromatic rings. The van der Waals surface area contributed by atoms with Crippen molar-refractivity contribution in [3.05, 3.63) is 65.9 Å². The second-order valence-corrected chi connectivity index (χ2v) is 7.32. The molecule has 0 saturated carbocycles. The number of thioether (sulfide) groups is 1. The molecule has 0 aliphatic carbocycles. The lowest BCUT2D eigenvalue weighted by atomic mass is 10.0. The van der Waals surface area contributed by atoms with Crippen molar-refractivity contribution in [2.24, 2.45) is 5.10 Å². The molecule has 1 atom stereocenters. The van der Waals surface area contributed by atoms with Crippen molar-refractivity contribution in [1.82, 2.24) is 5.43 Å². The van der Waals surface area contributed by atoms with E-state index in [0.717, 1.165) is 46.3 Å². The summed E-state index contributed by atoms with van der Waals surface area (Å²) < 4.78 is 16.9. The Hall–Kier alpha value is -2.86. The third kappa shape index (κ3) is 3.06. The molecule has 0 saturated heterocycles. The molecule has 6 heteroatoms. The number of nitrogens with one attached hydrogen (secondary N) is 1. The van der Waals surface area contributed by atoms with Crippen molar-refractivity contribution in [1.29, 1.82) is 0 Å². The van der Waals surface area contributed by atoms with Crippen LogP contribution in [-0.4, -0.2) is 18.8 Å². The Bertz CT molecular complexity index is 1010. The largest absolute Gasteiger partial charge is 0.459 e. The standard InChI is InChI=1S/C21H18N2O3S/c1-27-15-5-2-13(3-6-15)18-8-9-19(26-18)17-11-16(22-23-17)14-4-7-20-21(10-14)25-12-24-20/h2-10,17,23H,11-12H2,1H3. The predicted octanol–water partition coefficient (Wildman–Crippen LogP) is 4.84. The second kappa shape index (κ2) is 6.70. The minimum absolute atomic E-state index is 0.0321. The number of hydrogen-bond acceptors (Lipinski definition) is 6. The zero-order valence-electron chi connectivity index (χ0n) is 14.8. The lowest BCUT2D eigenvalue weighted by molar-refractivity contribution is 0.174. The average molecular weight is 378 g/mol. The van der Waals surface area contributed by atoms with E-state index in [4.69, 9.17) is 13.9 Å². The van der Waals surface area contributed by atoms with Gasteiger partial charge in [0.15, 0.2) is 11.5 Å². The summed E-state index contributed by atoms with van der Waals surface area (Å²) in [6, 6.07) is 18.4. The van der Waals surface area contributed by atoms with Crippen LogP contribution in [0.4, 0.5) is 0 Å². The van der Waals surface area contributed by atoms with E-state index in [1.165, 1.54) is 4.90 Å². The SMILES string of the molecule is CSc1ccc(-c2ccc(C3CC(c4ccc5c(c4)OCO5)=NN3)o2)cc1. The summed E-state index contributed by atoms with van der Waals surface area (Å²) >= 11 is 1.73. The van der Waals surface area contributed by atoms with Gasteiger partial charge in [-0.05, 0) is 48.7 Å². The maximum Gasteiger partial charge on any atom is 0.231 e. The maximum atomic E-state index is 6.10. The number of benzene rings is 2. The summed E-state index contributed by atoms with van der Waals surface area (Å²) in [5.41, 5.74) is 6.29. The van der Waals surface area contributed by atoms with Crippen LogP contribution in [-0.2, 0) is 0 Å². The van der Waals surface area contributed by atoms with E-state index in [1.807, 2.05) is 30.3 Å². The summed E-state index contributed by atoms with van der Waals surface area (Å²) in [6.07, 6.45) is 2.83. The highest BCUT2D eigenvalue weighted by Gasteiger charge is 2.25. The number of furan rings is 1. The Kier molecular flexibility index (Phi) is 4.05. The molecular formula is C21H18N2O3S. The first-order valence-corrected chi connectivity index (χ1v) is 9.99. The van der Waals surface area contributed by atoms with Gasteiger partial charge >= 0.3 is 0 Å². The lowest BCUT2D eigenvalue weighted by Crippen LogP contribution is -2.08. The first kappa shape index (κ1) is 16.3. The highest BCUT2D eigenvalue weighted by atomic mass is 32.2. The molecule has 136 valence electrons. The van der Waals surface area contributed by atoms with E-state index >= 15 is 0 Å². The van der Waals surface area contributed by atoms with Gasteiger partial charge in [0.1, 0.15) is 17.6 Å². The van der Waals surface area contributed by atoms with Gasteiger partial charge in [-0.3, -0.25) is 5.43 Å². The molecule has 27 heavy (non-hydrogen) atoms. The number of fused-ring (bicyclic) bond motifs is 1. The van der Waals surface area contributed by atoms with Crippen LogP contribution in [0.3, 0.4) is 0 Å². The van der Waals surface area contributed by atoms with E-state index in [1.54, 1.807) is 11.8 Å². The molecule has 0 bridgehead atoms. The third-order valence-corrected chi connectivity index (χ3v) is 5.55. The highest BCUT2D eigenvalue weighted by Crippen LogP contribution is 2.35. The Balaban J connectivity index is 1.32. The van der Waals surface area contributed by atoms with Crippen LogP contribution in [0, 0.1) is 0 Å². The lowest BCUT2D eigenvalue weighted by Gasteiger charge is -2.06. The summed E-state index contributed by atoms with van der Waals surface area (Å²) in [6.45, 7) is 0.277. The van der Waals surface area contributed by atoms with E-state index in [9.17, 15) is 0 Å². The van der Waals surface area contributed by atoms with Crippen molar-refractivity contribution in [2.45, 2.75) is 17.4 Å². The van der Waals surface area contributed by atoms with E-state index in [0.29, 0.717) is 0 Å². The topological polar surface area (TPSA) is 56.0 Å². The molecule has 0 radical (unpaired) electrons. The number of hydrazone groups is 1. The average Bonchev–Trinajstić information content (AvgIpc) is 3.47. The first-order valence-electron chi connectivity index (χ1n) is 8.76. The second-order valence-electron chi connectivity index (χ2n) is 6.44. The number of nitrogens with zero attached hydrogens (tertiary/aromatic N) is 1. The summed E-state index contributed by atoms with van der Waals surface area (Å²) in [4.78, 5) is 1.24. The molecule has 1 unspecified atom stereocenters. The normalized spacial score (nSPS) is 17.7. The Morgan fingerprint density at radius 3 is 2.63 bits per heavy atom. The van der Waals surface area contributed by atoms with E-state index in [-0.39, 0.29) is 12.8 Å². The van der Waals surface area contributed by atoms with Gasteiger partial charge in [0, 0.05) is 22.4 Å². The van der Waals surface area contributed by atoms with Gasteiger partial charge in [-0.1, -0.05) is 12.1 Å². The molecule has 2 aliphatic rings. The fourth-order valence-corrected chi connectivity index (χ4v) is 3.72. The van der Waals surface area contributed by atoms with Crippen molar-refractivity contribution in [3.63, 3.8) is 0 Å². The van der Waals surface area contributed by atoms with E-state index in [2.05, 4.69) is 41.0 Å².